The van der Waals surface area contributed by atoms with Gasteiger partial charge in [0.05, 0.1) is 12.1 Å². The van der Waals surface area contributed by atoms with Gasteiger partial charge in [0.1, 0.15) is 0 Å². The van der Waals surface area contributed by atoms with Gasteiger partial charge in [0, 0.05) is 10.8 Å². The summed E-state index contributed by atoms with van der Waals surface area (Å²) in [6.07, 6.45) is 0.0725. The Hall–Kier alpha value is -0.900. The molecule has 72 valence electrons. The van der Waals surface area contributed by atoms with Crippen LogP contribution in [0.25, 0.3) is 0 Å². The number of carboxylic acids is 1. The number of aromatic nitrogens is 1. The van der Waals surface area contributed by atoms with Gasteiger partial charge in [0.25, 0.3) is 0 Å². The summed E-state index contributed by atoms with van der Waals surface area (Å²) in [6.45, 7) is 6.11. The second kappa shape index (κ2) is 3.46. The molecule has 0 radical (unpaired) electrons. The molecule has 0 aliphatic heterocycles. The van der Waals surface area contributed by atoms with Crippen LogP contribution in [-0.2, 0) is 16.6 Å². The Kier molecular flexibility index (Phi) is 2.71. The molecule has 1 aromatic rings. The zero-order chi connectivity index (χ0) is 10.1. The van der Waals surface area contributed by atoms with E-state index >= 15 is 0 Å². The fourth-order valence-corrected chi connectivity index (χ4v) is 2.04. The van der Waals surface area contributed by atoms with Crippen molar-refractivity contribution in [3.8, 4) is 0 Å². The van der Waals surface area contributed by atoms with Gasteiger partial charge >= 0.3 is 5.97 Å². The molecular weight excluding hydrogens is 186 g/mol. The third-order valence-corrected chi connectivity index (χ3v) is 2.37. The van der Waals surface area contributed by atoms with Gasteiger partial charge in [-0.15, -0.1) is 0 Å². The Balaban J connectivity index is 2.96. The van der Waals surface area contributed by atoms with Crippen LogP contribution in [0.2, 0.25) is 0 Å². The van der Waals surface area contributed by atoms with Crippen molar-refractivity contribution in [1.29, 1.82) is 0 Å². The zero-order valence-corrected chi connectivity index (χ0v) is 8.81. The number of carbonyl (C=O) groups is 1. The lowest BCUT2D eigenvalue weighted by molar-refractivity contribution is -0.136. The van der Waals surface area contributed by atoms with E-state index in [9.17, 15) is 4.79 Å². The molecule has 1 aromatic heterocycles. The van der Waals surface area contributed by atoms with Crippen LogP contribution < -0.4 is 0 Å². The second-order valence-electron chi connectivity index (χ2n) is 4.01. The van der Waals surface area contributed by atoms with E-state index in [0.29, 0.717) is 0 Å². The minimum Gasteiger partial charge on any atom is -0.481 e. The molecule has 4 heteroatoms. The van der Waals surface area contributed by atoms with E-state index in [4.69, 9.17) is 5.11 Å². The Morgan fingerprint density at radius 1 is 1.62 bits per heavy atom. The predicted octanol–water partition coefficient (Wildman–Crippen LogP) is 2.07. The molecule has 3 nitrogen and oxygen atoms in total. The largest absolute Gasteiger partial charge is 0.481 e. The van der Waals surface area contributed by atoms with E-state index in [0.717, 1.165) is 11.3 Å². The standard InChI is InChI=1S/C9H13NO2S/c1-9(2,3)8-6(4-7(11)12)5-13-10-8/h5H,4H2,1-3H3,(H,11,12). The van der Waals surface area contributed by atoms with E-state index in [1.807, 2.05) is 26.2 Å². The summed E-state index contributed by atoms with van der Waals surface area (Å²) in [7, 11) is 0. The molecule has 0 saturated heterocycles. The highest BCUT2D eigenvalue weighted by atomic mass is 32.1. The van der Waals surface area contributed by atoms with Crippen LogP contribution in [0.4, 0.5) is 0 Å². The number of hydrogen-bond donors (Lipinski definition) is 1. The van der Waals surface area contributed by atoms with Crippen LogP contribution in [0.15, 0.2) is 5.38 Å². The van der Waals surface area contributed by atoms with Crippen molar-refractivity contribution in [2.75, 3.05) is 0 Å². The number of hydrogen-bond acceptors (Lipinski definition) is 3. The summed E-state index contributed by atoms with van der Waals surface area (Å²) < 4.78 is 4.22. The molecule has 0 atom stereocenters. The maximum absolute atomic E-state index is 10.5. The molecule has 1 heterocycles. The summed E-state index contributed by atoms with van der Waals surface area (Å²) >= 11 is 1.32. The summed E-state index contributed by atoms with van der Waals surface area (Å²) in [4.78, 5) is 10.5. The van der Waals surface area contributed by atoms with Crippen LogP contribution in [0, 0.1) is 0 Å². The molecule has 1 N–H and O–H groups in total. The molecular formula is C9H13NO2S. The van der Waals surface area contributed by atoms with Crippen molar-refractivity contribution in [2.24, 2.45) is 0 Å². The summed E-state index contributed by atoms with van der Waals surface area (Å²) in [5.74, 6) is -0.800. The highest BCUT2D eigenvalue weighted by Gasteiger charge is 2.21. The van der Waals surface area contributed by atoms with Crippen molar-refractivity contribution in [3.63, 3.8) is 0 Å². The number of rotatable bonds is 2. The van der Waals surface area contributed by atoms with Gasteiger partial charge < -0.3 is 5.11 Å². The Morgan fingerprint density at radius 3 is 2.69 bits per heavy atom. The van der Waals surface area contributed by atoms with Crippen LogP contribution in [-0.4, -0.2) is 15.4 Å². The fraction of sp³-hybridized carbons (Fsp3) is 0.556. The molecule has 0 unspecified atom stereocenters. The van der Waals surface area contributed by atoms with E-state index in [2.05, 4.69) is 4.37 Å². The van der Waals surface area contributed by atoms with Crippen molar-refractivity contribution >= 4 is 17.5 Å². The van der Waals surface area contributed by atoms with Gasteiger partial charge in [-0.1, -0.05) is 20.8 Å². The third-order valence-electron chi connectivity index (χ3n) is 1.70. The van der Waals surface area contributed by atoms with E-state index in [1.165, 1.54) is 11.5 Å². The monoisotopic (exact) mass is 199 g/mol. The van der Waals surface area contributed by atoms with Gasteiger partial charge in [-0.2, -0.15) is 4.37 Å². The summed E-state index contributed by atoms with van der Waals surface area (Å²) in [5, 5.41) is 10.5. The topological polar surface area (TPSA) is 50.2 Å². The molecule has 0 fully saturated rings. The first-order valence-corrected chi connectivity index (χ1v) is 4.90. The second-order valence-corrected chi connectivity index (χ2v) is 4.64. The van der Waals surface area contributed by atoms with E-state index < -0.39 is 5.97 Å². The van der Waals surface area contributed by atoms with Crippen molar-refractivity contribution in [2.45, 2.75) is 32.6 Å². The number of aliphatic carboxylic acids is 1. The Labute approximate surface area is 81.6 Å². The predicted molar refractivity (Wildman–Crippen MR) is 52.2 cm³/mol. The van der Waals surface area contributed by atoms with Crippen LogP contribution in [0.5, 0.6) is 0 Å². The molecule has 0 amide bonds. The third kappa shape index (κ3) is 2.52. The fourth-order valence-electron chi connectivity index (χ4n) is 1.16. The van der Waals surface area contributed by atoms with E-state index in [1.54, 1.807) is 0 Å². The quantitative estimate of drug-likeness (QED) is 0.793. The molecule has 0 bridgehead atoms. The van der Waals surface area contributed by atoms with Crippen molar-refractivity contribution in [1.82, 2.24) is 4.37 Å². The molecule has 1 rings (SSSR count). The van der Waals surface area contributed by atoms with Gasteiger partial charge in [0.15, 0.2) is 0 Å². The molecule has 0 saturated carbocycles. The summed E-state index contributed by atoms with van der Waals surface area (Å²) in [5.41, 5.74) is 1.68. The Morgan fingerprint density at radius 2 is 2.23 bits per heavy atom. The highest BCUT2D eigenvalue weighted by Crippen LogP contribution is 2.26. The summed E-state index contributed by atoms with van der Waals surface area (Å²) in [6, 6.07) is 0. The normalized spacial score (nSPS) is 11.6. The molecule has 0 spiro atoms. The number of carboxylic acid groups (broad SMARTS) is 1. The lowest BCUT2D eigenvalue weighted by Crippen LogP contribution is -2.15. The maximum atomic E-state index is 10.5. The average Bonchev–Trinajstić information content (AvgIpc) is 2.31. The first-order valence-electron chi connectivity index (χ1n) is 4.07. The SMILES string of the molecule is CC(C)(C)c1nscc1CC(=O)O. The first kappa shape index (κ1) is 10.2. The van der Waals surface area contributed by atoms with Gasteiger partial charge in [-0.3, -0.25) is 4.79 Å². The smallest absolute Gasteiger partial charge is 0.307 e. The maximum Gasteiger partial charge on any atom is 0.307 e. The highest BCUT2D eigenvalue weighted by molar-refractivity contribution is 7.03. The lowest BCUT2D eigenvalue weighted by Gasteiger charge is -2.16. The van der Waals surface area contributed by atoms with Crippen LogP contribution in [0.3, 0.4) is 0 Å². The van der Waals surface area contributed by atoms with Crippen LogP contribution >= 0.6 is 11.5 Å². The van der Waals surface area contributed by atoms with Crippen molar-refractivity contribution in [3.05, 3.63) is 16.6 Å². The molecule has 13 heavy (non-hydrogen) atoms. The Bertz CT molecular complexity index is 312. The minimum atomic E-state index is -0.800. The minimum absolute atomic E-state index is 0.0647. The average molecular weight is 199 g/mol. The van der Waals surface area contributed by atoms with Gasteiger partial charge in [-0.25, -0.2) is 0 Å². The number of nitrogens with zero attached hydrogens (tertiary/aromatic N) is 1. The van der Waals surface area contributed by atoms with Crippen LogP contribution in [0.1, 0.15) is 32.0 Å². The lowest BCUT2D eigenvalue weighted by atomic mass is 9.89. The van der Waals surface area contributed by atoms with Crippen molar-refractivity contribution < 1.29 is 9.90 Å². The first-order chi connectivity index (χ1) is 5.91. The molecule has 0 aliphatic carbocycles. The zero-order valence-electron chi connectivity index (χ0n) is 8.00. The van der Waals surface area contributed by atoms with Gasteiger partial charge in [-0.05, 0) is 17.1 Å². The molecule has 0 aromatic carbocycles. The van der Waals surface area contributed by atoms with E-state index in [-0.39, 0.29) is 11.8 Å². The molecule has 0 aliphatic rings. The van der Waals surface area contributed by atoms with Gasteiger partial charge in [0.2, 0.25) is 0 Å².